The van der Waals surface area contributed by atoms with Crippen LogP contribution in [-0.2, 0) is 14.4 Å². The van der Waals surface area contributed by atoms with Gasteiger partial charge in [0.05, 0.1) is 0 Å². The average Bonchev–Trinajstić information content (AvgIpc) is 3.79. The molecule has 70 heavy (non-hydrogen) atoms. The number of ketones is 3. The van der Waals surface area contributed by atoms with Gasteiger partial charge in [0, 0.05) is 70.3 Å². The van der Waals surface area contributed by atoms with E-state index in [-0.39, 0.29) is 56.6 Å². The number of hydrogen-bond acceptors (Lipinski definition) is 6. The van der Waals surface area contributed by atoms with Crippen LogP contribution in [0.1, 0.15) is 101 Å². The molecule has 0 amide bonds. The molecule has 0 aromatic carbocycles. The number of fused-ring (bicyclic) bond motifs is 6. The van der Waals surface area contributed by atoms with Gasteiger partial charge in [-0.25, -0.2) is 0 Å². The number of alkyl halides is 21. The Hall–Kier alpha value is -2.59. The Labute approximate surface area is 414 Å². The van der Waals surface area contributed by atoms with E-state index in [1.165, 1.54) is 20.8 Å². The molecule has 6 aliphatic carbocycles. The summed E-state index contributed by atoms with van der Waals surface area (Å²) in [6.07, 6.45) is -18.3. The van der Waals surface area contributed by atoms with Crippen molar-refractivity contribution in [1.82, 2.24) is 0 Å². The predicted octanol–water partition coefficient (Wildman–Crippen LogP) is 14.0. The number of carbonyl (C=O) groups excluding carboxylic acids is 3. The second kappa shape index (κ2) is 17.0. The van der Waals surface area contributed by atoms with Crippen LogP contribution in [0.15, 0.2) is 34.0 Å². The van der Waals surface area contributed by atoms with Crippen molar-refractivity contribution < 1.29 is 159 Å². The summed E-state index contributed by atoms with van der Waals surface area (Å²) in [6, 6.07) is 0. The van der Waals surface area contributed by atoms with Crippen LogP contribution in [-0.4, -0.2) is 86.7 Å². The normalized spacial score (nSPS) is 32.8. The molecule has 0 aromatic rings. The first-order valence-electron chi connectivity index (χ1n) is 20.5. The minimum Gasteiger partial charge on any atom is -0.506 e. The molecule has 3 N–H and O–H groups in total. The van der Waals surface area contributed by atoms with Gasteiger partial charge in [-0.1, -0.05) is 62.3 Å². The molecular formula is C42H45ErF21O6. The SMILES string of the molecule is CC12CCC(C(=C(O)C(F)(F)C(F)(F)C(F)(F)F)C1=O)C2(C)C.CC12CCC(C(=C(O)C(F)(F)C(F)(F)C(F)(F)F)C1=O)C2(C)C.CC12CCC(C(=C(O)C(F)(F)C(F)(F)C(F)(F)F)C1=O)C2(C)C.[Er]. The molecule has 28 heteroatoms. The zero-order chi connectivity index (χ0) is 54.7. The van der Waals surface area contributed by atoms with Crippen molar-refractivity contribution in [1.29, 1.82) is 0 Å². The number of allylic oxidation sites excluding steroid dienone is 6. The van der Waals surface area contributed by atoms with Crippen LogP contribution >= 0.6 is 0 Å². The van der Waals surface area contributed by atoms with Gasteiger partial charge in [0.25, 0.3) is 0 Å². The first-order chi connectivity index (χ1) is 30.1. The van der Waals surface area contributed by atoms with Gasteiger partial charge < -0.3 is 15.3 Å². The first-order valence-corrected chi connectivity index (χ1v) is 20.5. The van der Waals surface area contributed by atoms with Gasteiger partial charge in [-0.3, -0.25) is 14.4 Å². The van der Waals surface area contributed by atoms with E-state index < -0.39 is 156 Å². The molecule has 6 saturated carbocycles. The molecule has 0 spiro atoms. The van der Waals surface area contributed by atoms with Gasteiger partial charge in [-0.15, -0.1) is 0 Å². The number of rotatable bonds is 6. The number of Topliss-reactive ketones (excluding diaryl/α,β-unsaturated/α-hetero) is 3. The van der Waals surface area contributed by atoms with Crippen molar-refractivity contribution in [2.45, 2.75) is 155 Å². The summed E-state index contributed by atoms with van der Waals surface area (Å²) in [7, 11) is 0. The Bertz CT molecular complexity index is 2020. The first kappa shape index (κ1) is 61.7. The molecule has 6 unspecified atom stereocenters. The maximum atomic E-state index is 13.7. The van der Waals surface area contributed by atoms with Crippen molar-refractivity contribution in [2.75, 3.05) is 0 Å². The fourth-order valence-corrected chi connectivity index (χ4v) is 10.9. The van der Waals surface area contributed by atoms with E-state index in [1.54, 1.807) is 41.5 Å². The molecule has 6 aliphatic rings. The van der Waals surface area contributed by atoms with E-state index in [9.17, 15) is 122 Å². The van der Waals surface area contributed by atoms with Gasteiger partial charge in [0.15, 0.2) is 34.6 Å². The van der Waals surface area contributed by atoms with E-state index in [2.05, 4.69) is 0 Å². The van der Waals surface area contributed by atoms with Crippen LogP contribution in [0.25, 0.3) is 0 Å². The van der Waals surface area contributed by atoms with Crippen LogP contribution in [0.3, 0.4) is 0 Å². The molecule has 6 atom stereocenters. The Kier molecular flexibility index (Phi) is 15.0. The largest absolute Gasteiger partial charge is 0.506 e. The van der Waals surface area contributed by atoms with Crippen LogP contribution in [0.2, 0.25) is 0 Å². The second-order valence-electron chi connectivity index (χ2n) is 20.6. The molecule has 6 rings (SSSR count). The molecule has 6 bridgehead atoms. The van der Waals surface area contributed by atoms with Gasteiger partial charge >= 0.3 is 54.1 Å². The smallest absolute Gasteiger partial charge is 0.460 e. The molecule has 0 aromatic heterocycles. The number of carbonyl (C=O) groups is 3. The Balaban J connectivity index is 0.000000276. The van der Waals surface area contributed by atoms with Crippen molar-refractivity contribution in [2.24, 2.45) is 50.2 Å². The molecule has 0 heterocycles. The standard InChI is InChI=1S/3C14H15F7O2.Er/c3*1-10(2)6-4-5-11(10,3)8(22)7(6)9(23)12(15,16)13(17,18)14(19,20)21;/h3*6,23H,4-5H2,1-3H3;. The maximum absolute atomic E-state index is 13.7. The van der Waals surface area contributed by atoms with Crippen LogP contribution in [0.4, 0.5) is 92.2 Å². The second-order valence-corrected chi connectivity index (χ2v) is 20.6. The van der Waals surface area contributed by atoms with Gasteiger partial charge in [-0.2, -0.15) is 92.2 Å². The van der Waals surface area contributed by atoms with E-state index >= 15 is 0 Å². The van der Waals surface area contributed by atoms with Gasteiger partial charge in [0.1, 0.15) is 0 Å². The van der Waals surface area contributed by atoms with Crippen molar-refractivity contribution in [3.63, 3.8) is 0 Å². The third-order valence-electron chi connectivity index (χ3n) is 16.9. The fourth-order valence-electron chi connectivity index (χ4n) is 10.9. The monoisotopic (exact) mass is 1210 g/mol. The Morgan fingerprint density at radius 3 is 0.643 bits per heavy atom. The predicted molar refractivity (Wildman–Crippen MR) is 196 cm³/mol. The minimum atomic E-state index is -6.56. The van der Waals surface area contributed by atoms with Crippen LogP contribution in [0, 0.1) is 87.5 Å². The summed E-state index contributed by atoms with van der Waals surface area (Å²) in [4.78, 5) is 36.9. The molecule has 6 nitrogen and oxygen atoms in total. The molecule has 6 fully saturated rings. The molecule has 0 radical (unpaired) electrons. The number of halogens is 21. The number of hydrogen-bond donors (Lipinski definition) is 3. The summed E-state index contributed by atoms with van der Waals surface area (Å²) < 4.78 is 271. The quantitative estimate of drug-likeness (QED) is 0.139. The molecular weight excluding hydrogens is 1170 g/mol. The van der Waals surface area contributed by atoms with Crippen molar-refractivity contribution in [3.05, 3.63) is 34.0 Å². The summed E-state index contributed by atoms with van der Waals surface area (Å²) >= 11 is 0. The zero-order valence-electron chi connectivity index (χ0n) is 37.8. The van der Waals surface area contributed by atoms with Crippen LogP contribution in [0.5, 0.6) is 0 Å². The summed E-state index contributed by atoms with van der Waals surface area (Å²) in [6.45, 7) is 13.6. The average molecular weight is 1210 g/mol. The summed E-state index contributed by atoms with van der Waals surface area (Å²) in [5.74, 6) is -50.5. The van der Waals surface area contributed by atoms with Gasteiger partial charge in [0.2, 0.25) is 0 Å². The topological polar surface area (TPSA) is 112 Å². The fraction of sp³-hybridized carbons (Fsp3) is 0.786. The van der Waals surface area contributed by atoms with E-state index in [0.717, 1.165) is 0 Å². The molecule has 0 aliphatic heterocycles. The van der Waals surface area contributed by atoms with Crippen LogP contribution < -0.4 is 0 Å². The maximum Gasteiger partial charge on any atom is 0.460 e. The van der Waals surface area contributed by atoms with E-state index in [4.69, 9.17) is 0 Å². The number of aliphatic hydroxyl groups is 3. The third kappa shape index (κ3) is 7.81. The van der Waals surface area contributed by atoms with Crippen molar-refractivity contribution >= 4 is 17.3 Å². The Morgan fingerprint density at radius 1 is 0.371 bits per heavy atom. The number of aliphatic hydroxyl groups excluding tert-OH is 3. The zero-order valence-corrected chi connectivity index (χ0v) is 39.6. The van der Waals surface area contributed by atoms with E-state index in [0.29, 0.717) is 19.3 Å². The minimum absolute atomic E-state index is 0. The summed E-state index contributed by atoms with van der Waals surface area (Å²) in [5, 5.41) is 28.6. The van der Waals surface area contributed by atoms with Crippen molar-refractivity contribution in [3.8, 4) is 0 Å². The van der Waals surface area contributed by atoms with Gasteiger partial charge in [-0.05, 0) is 72.5 Å². The third-order valence-corrected chi connectivity index (χ3v) is 16.9. The van der Waals surface area contributed by atoms with E-state index in [1.807, 2.05) is 0 Å². The molecule has 0 saturated heterocycles. The summed E-state index contributed by atoms with van der Waals surface area (Å²) in [5.41, 5.74) is -9.29. The molecule has 408 valence electrons. The Morgan fingerprint density at radius 2 is 0.529 bits per heavy atom.